The minimum absolute atomic E-state index is 0.506. The van der Waals surface area contributed by atoms with E-state index in [1.54, 1.807) is 13.2 Å². The van der Waals surface area contributed by atoms with Gasteiger partial charge in [0.2, 0.25) is 5.88 Å². The van der Waals surface area contributed by atoms with Gasteiger partial charge in [0.15, 0.2) is 5.96 Å². The Kier molecular flexibility index (Phi) is 7.76. The fraction of sp³-hybridized carbons (Fsp3) is 0.400. The van der Waals surface area contributed by atoms with E-state index < -0.39 is 0 Å². The quantitative estimate of drug-likeness (QED) is 0.571. The standard InChI is InChI=1S/C20H28N4O/c1-16(2)11-13-23-20(21-3)24-14-18-10-7-12-22-19(18)25-15-17-8-5-4-6-9-17/h4-10,12,16H,11,13-15H2,1-3H3,(H2,21,23,24). The van der Waals surface area contributed by atoms with Gasteiger partial charge in [0.25, 0.3) is 0 Å². The number of nitrogens with zero attached hydrogens (tertiary/aromatic N) is 2. The molecule has 0 amide bonds. The number of guanidine groups is 1. The maximum atomic E-state index is 5.89. The van der Waals surface area contributed by atoms with Gasteiger partial charge in [0.1, 0.15) is 6.61 Å². The molecule has 0 unspecified atom stereocenters. The first kappa shape index (κ1) is 18.8. The Balaban J connectivity index is 1.89. The summed E-state index contributed by atoms with van der Waals surface area (Å²) in [5.41, 5.74) is 2.13. The van der Waals surface area contributed by atoms with Gasteiger partial charge in [-0.05, 0) is 24.0 Å². The van der Waals surface area contributed by atoms with Crippen molar-refractivity contribution >= 4 is 5.96 Å². The normalized spacial score (nSPS) is 11.4. The van der Waals surface area contributed by atoms with Crippen LogP contribution in [0.2, 0.25) is 0 Å². The summed E-state index contributed by atoms with van der Waals surface area (Å²) in [5, 5.41) is 6.64. The Labute approximate surface area is 150 Å². The maximum absolute atomic E-state index is 5.89. The summed E-state index contributed by atoms with van der Waals surface area (Å²) in [5.74, 6) is 2.11. The second-order valence-corrected chi connectivity index (χ2v) is 6.28. The number of nitrogens with one attached hydrogen (secondary N) is 2. The zero-order valence-electron chi connectivity index (χ0n) is 15.3. The lowest BCUT2D eigenvalue weighted by atomic mass is 10.1. The molecule has 0 bridgehead atoms. The molecule has 1 heterocycles. The Morgan fingerprint density at radius 2 is 1.92 bits per heavy atom. The number of rotatable bonds is 8. The lowest BCUT2D eigenvalue weighted by Crippen LogP contribution is -2.37. The molecule has 0 saturated heterocycles. The summed E-state index contributed by atoms with van der Waals surface area (Å²) in [6, 6.07) is 14.0. The Morgan fingerprint density at radius 3 is 2.64 bits per heavy atom. The van der Waals surface area contributed by atoms with Gasteiger partial charge in [-0.1, -0.05) is 50.2 Å². The number of benzene rings is 1. The van der Waals surface area contributed by atoms with Gasteiger partial charge in [-0.25, -0.2) is 4.98 Å². The topological polar surface area (TPSA) is 58.5 Å². The third kappa shape index (κ3) is 6.83. The van der Waals surface area contributed by atoms with Crippen LogP contribution in [-0.4, -0.2) is 24.5 Å². The van der Waals surface area contributed by atoms with Crippen molar-refractivity contribution < 1.29 is 4.74 Å². The van der Waals surface area contributed by atoms with Crippen molar-refractivity contribution in [2.24, 2.45) is 10.9 Å². The molecule has 0 aliphatic rings. The van der Waals surface area contributed by atoms with Crippen LogP contribution in [0.4, 0.5) is 0 Å². The summed E-state index contributed by atoms with van der Waals surface area (Å²) < 4.78 is 5.89. The van der Waals surface area contributed by atoms with Gasteiger partial charge in [0, 0.05) is 31.9 Å². The molecule has 0 spiro atoms. The highest BCUT2D eigenvalue weighted by molar-refractivity contribution is 5.79. The third-order valence-electron chi connectivity index (χ3n) is 3.75. The van der Waals surface area contributed by atoms with Crippen LogP contribution in [0.3, 0.4) is 0 Å². The average Bonchev–Trinajstić information content (AvgIpc) is 2.64. The fourth-order valence-corrected chi connectivity index (χ4v) is 2.29. The van der Waals surface area contributed by atoms with E-state index in [0.717, 1.165) is 30.1 Å². The van der Waals surface area contributed by atoms with E-state index in [0.29, 0.717) is 24.9 Å². The second kappa shape index (κ2) is 10.3. The average molecular weight is 340 g/mol. The monoisotopic (exact) mass is 340 g/mol. The van der Waals surface area contributed by atoms with E-state index >= 15 is 0 Å². The molecule has 2 N–H and O–H groups in total. The molecule has 0 fully saturated rings. The molecule has 1 aromatic carbocycles. The summed E-state index contributed by atoms with van der Waals surface area (Å²) in [7, 11) is 1.78. The van der Waals surface area contributed by atoms with Gasteiger partial charge in [-0.3, -0.25) is 4.99 Å². The Hall–Kier alpha value is -2.56. The zero-order valence-corrected chi connectivity index (χ0v) is 15.3. The fourth-order valence-electron chi connectivity index (χ4n) is 2.29. The molecule has 0 atom stereocenters. The van der Waals surface area contributed by atoms with Gasteiger partial charge in [0.05, 0.1) is 0 Å². The summed E-state index contributed by atoms with van der Waals surface area (Å²) in [6.45, 7) is 6.45. The minimum Gasteiger partial charge on any atom is -0.473 e. The first-order chi connectivity index (χ1) is 12.2. The first-order valence-corrected chi connectivity index (χ1v) is 8.74. The van der Waals surface area contributed by atoms with Gasteiger partial charge >= 0.3 is 0 Å². The SMILES string of the molecule is CN=C(NCCC(C)C)NCc1cccnc1OCc1ccccc1. The number of aliphatic imine (C=N–C) groups is 1. The van der Waals surface area contributed by atoms with Crippen molar-refractivity contribution in [1.82, 2.24) is 15.6 Å². The molecule has 2 aromatic rings. The third-order valence-corrected chi connectivity index (χ3v) is 3.75. The van der Waals surface area contributed by atoms with E-state index in [-0.39, 0.29) is 0 Å². The number of aromatic nitrogens is 1. The van der Waals surface area contributed by atoms with Crippen LogP contribution in [0.5, 0.6) is 5.88 Å². The molecule has 0 aliphatic heterocycles. The number of pyridine rings is 1. The zero-order chi connectivity index (χ0) is 17.9. The highest BCUT2D eigenvalue weighted by atomic mass is 16.5. The van der Waals surface area contributed by atoms with Crippen molar-refractivity contribution in [3.63, 3.8) is 0 Å². The molecule has 0 saturated carbocycles. The molecular weight excluding hydrogens is 312 g/mol. The number of hydrogen-bond donors (Lipinski definition) is 2. The molecule has 5 nitrogen and oxygen atoms in total. The Morgan fingerprint density at radius 1 is 1.12 bits per heavy atom. The van der Waals surface area contributed by atoms with Crippen LogP contribution in [0.15, 0.2) is 53.7 Å². The predicted octanol–water partition coefficient (Wildman–Crippen LogP) is 3.37. The minimum atomic E-state index is 0.506. The van der Waals surface area contributed by atoms with Crippen LogP contribution in [0, 0.1) is 5.92 Å². The van der Waals surface area contributed by atoms with Crippen molar-refractivity contribution in [3.8, 4) is 5.88 Å². The lowest BCUT2D eigenvalue weighted by molar-refractivity contribution is 0.290. The van der Waals surface area contributed by atoms with Crippen LogP contribution < -0.4 is 15.4 Å². The molecule has 2 rings (SSSR count). The van der Waals surface area contributed by atoms with E-state index in [1.807, 2.05) is 42.5 Å². The summed E-state index contributed by atoms with van der Waals surface area (Å²) >= 11 is 0. The molecule has 5 heteroatoms. The number of ether oxygens (including phenoxy) is 1. The van der Waals surface area contributed by atoms with Crippen molar-refractivity contribution in [1.29, 1.82) is 0 Å². The van der Waals surface area contributed by atoms with E-state index in [4.69, 9.17) is 4.74 Å². The van der Waals surface area contributed by atoms with Gasteiger partial charge < -0.3 is 15.4 Å². The van der Waals surface area contributed by atoms with E-state index in [2.05, 4.69) is 34.5 Å². The van der Waals surface area contributed by atoms with E-state index in [9.17, 15) is 0 Å². The van der Waals surface area contributed by atoms with Crippen LogP contribution in [-0.2, 0) is 13.2 Å². The second-order valence-electron chi connectivity index (χ2n) is 6.28. The van der Waals surface area contributed by atoms with Crippen molar-refractivity contribution in [2.75, 3.05) is 13.6 Å². The maximum Gasteiger partial charge on any atom is 0.218 e. The van der Waals surface area contributed by atoms with Gasteiger partial charge in [-0.2, -0.15) is 0 Å². The van der Waals surface area contributed by atoms with Gasteiger partial charge in [-0.15, -0.1) is 0 Å². The predicted molar refractivity (Wildman–Crippen MR) is 103 cm³/mol. The highest BCUT2D eigenvalue weighted by Gasteiger charge is 2.06. The van der Waals surface area contributed by atoms with Crippen molar-refractivity contribution in [3.05, 3.63) is 59.8 Å². The molecule has 25 heavy (non-hydrogen) atoms. The smallest absolute Gasteiger partial charge is 0.218 e. The Bertz CT molecular complexity index is 656. The first-order valence-electron chi connectivity index (χ1n) is 8.74. The van der Waals surface area contributed by atoms with Crippen LogP contribution >= 0.6 is 0 Å². The number of hydrogen-bond acceptors (Lipinski definition) is 3. The molecule has 0 radical (unpaired) electrons. The van der Waals surface area contributed by atoms with Crippen LogP contribution in [0.25, 0.3) is 0 Å². The summed E-state index contributed by atoms with van der Waals surface area (Å²) in [6.07, 6.45) is 2.86. The highest BCUT2D eigenvalue weighted by Crippen LogP contribution is 2.15. The molecule has 1 aromatic heterocycles. The van der Waals surface area contributed by atoms with Crippen LogP contribution in [0.1, 0.15) is 31.4 Å². The lowest BCUT2D eigenvalue weighted by Gasteiger charge is -2.14. The molecule has 134 valence electrons. The van der Waals surface area contributed by atoms with E-state index in [1.165, 1.54) is 0 Å². The largest absolute Gasteiger partial charge is 0.473 e. The summed E-state index contributed by atoms with van der Waals surface area (Å²) in [4.78, 5) is 8.62. The molecule has 0 aliphatic carbocycles. The van der Waals surface area contributed by atoms with Crippen molar-refractivity contribution in [2.45, 2.75) is 33.4 Å². The molecular formula is C20H28N4O.